The molecule has 1 fully saturated rings. The Balaban J connectivity index is 1.43. The fourth-order valence-electron chi connectivity index (χ4n) is 3.08. The van der Waals surface area contributed by atoms with E-state index in [0.717, 1.165) is 48.0 Å². The summed E-state index contributed by atoms with van der Waals surface area (Å²) < 4.78 is 4.99. The summed E-state index contributed by atoms with van der Waals surface area (Å²) in [6.07, 6.45) is 3.22. The molecule has 0 spiro atoms. The maximum absolute atomic E-state index is 11.7. The van der Waals surface area contributed by atoms with Gasteiger partial charge in [-0.25, -0.2) is 19.7 Å². The number of thiophene rings is 1. The maximum atomic E-state index is 11.7. The highest BCUT2D eigenvalue weighted by Gasteiger charge is 2.21. The SMILES string of the molecule is CCOC(=O)c1ccc(N2CCN(c3ncnc4sccc34)CC2)nc1. The van der Waals surface area contributed by atoms with Gasteiger partial charge in [-0.15, -0.1) is 11.3 Å². The van der Waals surface area contributed by atoms with Crippen molar-refractivity contribution < 1.29 is 9.53 Å². The second-order valence-electron chi connectivity index (χ2n) is 5.94. The van der Waals surface area contributed by atoms with Crippen LogP contribution in [0.15, 0.2) is 36.1 Å². The van der Waals surface area contributed by atoms with E-state index >= 15 is 0 Å². The second kappa shape index (κ2) is 7.25. The molecule has 0 N–H and O–H groups in total. The van der Waals surface area contributed by atoms with Crippen molar-refractivity contribution in [3.63, 3.8) is 0 Å². The molecular weight excluding hydrogens is 350 g/mol. The average Bonchev–Trinajstić information content (AvgIpc) is 3.17. The summed E-state index contributed by atoms with van der Waals surface area (Å²) in [5, 5.41) is 3.16. The molecule has 3 aromatic heterocycles. The van der Waals surface area contributed by atoms with Gasteiger partial charge in [-0.05, 0) is 30.5 Å². The van der Waals surface area contributed by atoms with Crippen LogP contribution in [0.25, 0.3) is 10.2 Å². The molecule has 134 valence electrons. The zero-order valence-electron chi connectivity index (χ0n) is 14.5. The molecule has 8 heteroatoms. The van der Waals surface area contributed by atoms with Crippen LogP contribution in [0.2, 0.25) is 0 Å². The van der Waals surface area contributed by atoms with Crippen LogP contribution in [-0.2, 0) is 4.74 Å². The molecule has 3 aromatic rings. The van der Waals surface area contributed by atoms with Crippen molar-refractivity contribution in [2.75, 3.05) is 42.6 Å². The Hall–Kier alpha value is -2.74. The van der Waals surface area contributed by atoms with Gasteiger partial charge in [-0.1, -0.05) is 0 Å². The van der Waals surface area contributed by atoms with E-state index in [4.69, 9.17) is 4.74 Å². The minimum absolute atomic E-state index is 0.333. The predicted octanol–water partition coefficient (Wildman–Crippen LogP) is 2.59. The lowest BCUT2D eigenvalue weighted by Gasteiger charge is -2.36. The van der Waals surface area contributed by atoms with Gasteiger partial charge in [0.1, 0.15) is 22.8 Å². The van der Waals surface area contributed by atoms with E-state index in [1.807, 2.05) is 11.4 Å². The molecule has 1 aliphatic rings. The van der Waals surface area contributed by atoms with Crippen LogP contribution >= 0.6 is 11.3 Å². The zero-order valence-corrected chi connectivity index (χ0v) is 15.3. The number of hydrogen-bond donors (Lipinski definition) is 0. The first-order valence-electron chi connectivity index (χ1n) is 8.57. The van der Waals surface area contributed by atoms with Crippen LogP contribution in [-0.4, -0.2) is 53.7 Å². The number of rotatable bonds is 4. The molecule has 1 aliphatic heterocycles. The number of aromatic nitrogens is 3. The normalized spacial score (nSPS) is 14.7. The molecule has 0 atom stereocenters. The van der Waals surface area contributed by atoms with E-state index in [0.29, 0.717) is 12.2 Å². The molecule has 1 saturated heterocycles. The molecule has 0 amide bonds. The van der Waals surface area contributed by atoms with Crippen molar-refractivity contribution >= 4 is 39.2 Å². The highest BCUT2D eigenvalue weighted by atomic mass is 32.1. The molecule has 0 radical (unpaired) electrons. The van der Waals surface area contributed by atoms with E-state index < -0.39 is 0 Å². The standard InChI is InChI=1S/C18H19N5O2S/c1-2-25-18(24)13-3-4-15(19-11-13)22-6-8-23(9-7-22)16-14-5-10-26-17(14)21-12-20-16/h3-5,10-12H,2,6-9H2,1H3. The lowest BCUT2D eigenvalue weighted by molar-refractivity contribution is 0.0526. The number of carbonyl (C=O) groups excluding carboxylic acids is 1. The summed E-state index contributed by atoms with van der Waals surface area (Å²) in [7, 11) is 0. The Labute approximate surface area is 155 Å². The first-order chi connectivity index (χ1) is 12.8. The quantitative estimate of drug-likeness (QED) is 0.655. The van der Waals surface area contributed by atoms with Gasteiger partial charge < -0.3 is 14.5 Å². The number of esters is 1. The van der Waals surface area contributed by atoms with Crippen molar-refractivity contribution in [1.82, 2.24) is 15.0 Å². The van der Waals surface area contributed by atoms with E-state index in [2.05, 4.69) is 30.8 Å². The van der Waals surface area contributed by atoms with Crippen LogP contribution in [0.3, 0.4) is 0 Å². The van der Waals surface area contributed by atoms with Crippen molar-refractivity contribution in [1.29, 1.82) is 0 Å². The summed E-state index contributed by atoms with van der Waals surface area (Å²) in [5.74, 6) is 1.54. The molecule has 0 aliphatic carbocycles. The smallest absolute Gasteiger partial charge is 0.339 e. The van der Waals surface area contributed by atoms with E-state index in [1.54, 1.807) is 36.9 Å². The molecular formula is C18H19N5O2S. The second-order valence-corrected chi connectivity index (χ2v) is 6.83. The Bertz CT molecular complexity index is 903. The van der Waals surface area contributed by atoms with Crippen LogP contribution in [0.1, 0.15) is 17.3 Å². The number of piperazine rings is 1. The van der Waals surface area contributed by atoms with Crippen molar-refractivity contribution in [3.8, 4) is 0 Å². The number of anilines is 2. The van der Waals surface area contributed by atoms with Crippen LogP contribution in [0.4, 0.5) is 11.6 Å². The third-order valence-corrected chi connectivity index (χ3v) is 5.22. The molecule has 0 unspecified atom stereocenters. The van der Waals surface area contributed by atoms with Crippen molar-refractivity contribution in [2.24, 2.45) is 0 Å². The van der Waals surface area contributed by atoms with Gasteiger partial charge in [0.05, 0.1) is 17.6 Å². The van der Waals surface area contributed by atoms with E-state index in [9.17, 15) is 4.79 Å². The van der Waals surface area contributed by atoms with Gasteiger partial charge in [0, 0.05) is 32.4 Å². The lowest BCUT2D eigenvalue weighted by atomic mass is 10.2. The molecule has 0 aromatic carbocycles. The third-order valence-electron chi connectivity index (χ3n) is 4.40. The minimum atomic E-state index is -0.333. The first kappa shape index (κ1) is 16.7. The largest absolute Gasteiger partial charge is 0.462 e. The summed E-state index contributed by atoms with van der Waals surface area (Å²) in [4.78, 5) is 30.5. The van der Waals surface area contributed by atoms with Gasteiger partial charge in [-0.2, -0.15) is 0 Å². The summed E-state index contributed by atoms with van der Waals surface area (Å²) in [5.41, 5.74) is 0.482. The predicted molar refractivity (Wildman–Crippen MR) is 102 cm³/mol. The molecule has 26 heavy (non-hydrogen) atoms. The highest BCUT2D eigenvalue weighted by molar-refractivity contribution is 7.16. The average molecular weight is 369 g/mol. The van der Waals surface area contributed by atoms with Crippen LogP contribution < -0.4 is 9.80 Å². The maximum Gasteiger partial charge on any atom is 0.339 e. The number of carbonyl (C=O) groups is 1. The van der Waals surface area contributed by atoms with Gasteiger partial charge in [0.2, 0.25) is 0 Å². The first-order valence-corrected chi connectivity index (χ1v) is 9.45. The Morgan fingerprint density at radius 1 is 1.12 bits per heavy atom. The monoisotopic (exact) mass is 369 g/mol. The van der Waals surface area contributed by atoms with Crippen LogP contribution in [0.5, 0.6) is 0 Å². The van der Waals surface area contributed by atoms with Gasteiger partial charge >= 0.3 is 5.97 Å². The molecule has 7 nitrogen and oxygen atoms in total. The van der Waals surface area contributed by atoms with Gasteiger partial charge in [-0.3, -0.25) is 0 Å². The molecule has 4 rings (SSSR count). The van der Waals surface area contributed by atoms with Gasteiger partial charge in [0.25, 0.3) is 0 Å². The lowest BCUT2D eigenvalue weighted by Crippen LogP contribution is -2.47. The van der Waals surface area contributed by atoms with E-state index in [1.165, 1.54) is 0 Å². The van der Waals surface area contributed by atoms with E-state index in [-0.39, 0.29) is 5.97 Å². The topological polar surface area (TPSA) is 71.5 Å². The van der Waals surface area contributed by atoms with Crippen molar-refractivity contribution in [3.05, 3.63) is 41.7 Å². The third kappa shape index (κ3) is 3.20. The number of fused-ring (bicyclic) bond motifs is 1. The summed E-state index contributed by atoms with van der Waals surface area (Å²) >= 11 is 1.63. The Morgan fingerprint density at radius 3 is 2.65 bits per heavy atom. The molecule has 0 saturated carbocycles. The molecule has 0 bridgehead atoms. The minimum Gasteiger partial charge on any atom is -0.462 e. The Morgan fingerprint density at radius 2 is 1.92 bits per heavy atom. The highest BCUT2D eigenvalue weighted by Crippen LogP contribution is 2.27. The number of hydrogen-bond acceptors (Lipinski definition) is 8. The van der Waals surface area contributed by atoms with Gasteiger partial charge in [0.15, 0.2) is 0 Å². The van der Waals surface area contributed by atoms with Crippen LogP contribution in [0, 0.1) is 0 Å². The fourth-order valence-corrected chi connectivity index (χ4v) is 3.81. The molecule has 4 heterocycles. The summed E-state index contributed by atoms with van der Waals surface area (Å²) in [6.45, 7) is 5.58. The fraction of sp³-hybridized carbons (Fsp3) is 0.333. The Kier molecular flexibility index (Phi) is 4.66. The summed E-state index contributed by atoms with van der Waals surface area (Å²) in [6, 6.07) is 5.73. The zero-order chi connectivity index (χ0) is 17.9. The number of pyridine rings is 1. The number of ether oxygens (including phenoxy) is 1. The number of nitrogens with zero attached hydrogens (tertiary/aromatic N) is 5. The van der Waals surface area contributed by atoms with Crippen molar-refractivity contribution in [2.45, 2.75) is 6.92 Å².